The number of rotatable bonds is 2. The summed E-state index contributed by atoms with van der Waals surface area (Å²) in [6, 6.07) is 0.595. The van der Waals surface area contributed by atoms with Gasteiger partial charge < -0.3 is 14.6 Å². The number of hydrogen-bond donors (Lipinski definition) is 1. The molecule has 0 aliphatic carbocycles. The number of likely N-dealkylation sites (tertiary alicyclic amines) is 1. The minimum Gasteiger partial charge on any atom is -0.385 e. The van der Waals surface area contributed by atoms with Gasteiger partial charge in [0, 0.05) is 25.0 Å². The Kier molecular flexibility index (Phi) is 3.58. The van der Waals surface area contributed by atoms with E-state index in [0.29, 0.717) is 12.0 Å². The molecule has 2 aliphatic heterocycles. The van der Waals surface area contributed by atoms with Crippen molar-refractivity contribution in [3.8, 4) is 0 Å². The van der Waals surface area contributed by atoms with Crippen LogP contribution in [0.1, 0.15) is 63.2 Å². The number of aromatic nitrogens is 3. The minimum absolute atomic E-state index is 0.417. The van der Waals surface area contributed by atoms with E-state index in [4.69, 9.17) is 0 Å². The molecule has 3 heterocycles. The number of aliphatic hydroxyl groups excluding tert-OH is 1. The molecule has 0 aromatic carbocycles. The van der Waals surface area contributed by atoms with Crippen LogP contribution < -0.4 is 0 Å². The maximum atomic E-state index is 9.98. The van der Waals surface area contributed by atoms with Gasteiger partial charge in [0.1, 0.15) is 11.9 Å². The van der Waals surface area contributed by atoms with Crippen LogP contribution in [0.3, 0.4) is 0 Å². The lowest BCUT2D eigenvalue weighted by Gasteiger charge is -2.35. The molecule has 1 saturated heterocycles. The number of piperidine rings is 1. The van der Waals surface area contributed by atoms with Crippen LogP contribution in [0.4, 0.5) is 0 Å². The molecule has 0 bridgehead atoms. The second kappa shape index (κ2) is 5.21. The summed E-state index contributed by atoms with van der Waals surface area (Å²) < 4.78 is 2.17. The van der Waals surface area contributed by atoms with Crippen LogP contribution in [0.2, 0.25) is 0 Å². The van der Waals surface area contributed by atoms with Gasteiger partial charge >= 0.3 is 0 Å². The molecule has 1 aromatic rings. The number of hydrogen-bond acceptors (Lipinski definition) is 4. The molecule has 5 nitrogen and oxygen atoms in total. The average molecular weight is 264 g/mol. The van der Waals surface area contributed by atoms with Crippen molar-refractivity contribution in [3.63, 3.8) is 0 Å². The van der Waals surface area contributed by atoms with Gasteiger partial charge in [0.2, 0.25) is 0 Å². The molecule has 106 valence electrons. The van der Waals surface area contributed by atoms with Crippen molar-refractivity contribution in [2.75, 3.05) is 13.1 Å². The summed E-state index contributed by atoms with van der Waals surface area (Å²) >= 11 is 0. The third-order valence-corrected chi connectivity index (χ3v) is 4.51. The largest absolute Gasteiger partial charge is 0.385 e. The highest BCUT2D eigenvalue weighted by atomic mass is 16.3. The molecule has 0 spiro atoms. The van der Waals surface area contributed by atoms with Crippen LogP contribution in [0.25, 0.3) is 0 Å². The van der Waals surface area contributed by atoms with E-state index >= 15 is 0 Å². The fraction of sp³-hybridized carbons (Fsp3) is 0.857. The molecule has 2 unspecified atom stereocenters. The van der Waals surface area contributed by atoms with Gasteiger partial charge in [0.15, 0.2) is 5.82 Å². The Bertz CT molecular complexity index is 443. The van der Waals surface area contributed by atoms with E-state index in [1.54, 1.807) is 0 Å². The Balaban J connectivity index is 1.82. The fourth-order valence-corrected chi connectivity index (χ4v) is 3.36. The zero-order valence-corrected chi connectivity index (χ0v) is 11.9. The lowest BCUT2D eigenvalue weighted by molar-refractivity contribution is 0.130. The molecule has 5 heteroatoms. The summed E-state index contributed by atoms with van der Waals surface area (Å²) in [5.74, 6) is 2.35. The summed E-state index contributed by atoms with van der Waals surface area (Å²) in [6.07, 6.45) is 3.85. The van der Waals surface area contributed by atoms with E-state index in [0.717, 1.165) is 37.6 Å². The highest BCUT2D eigenvalue weighted by Crippen LogP contribution is 2.31. The van der Waals surface area contributed by atoms with Crippen molar-refractivity contribution in [2.45, 2.75) is 64.1 Å². The first-order chi connectivity index (χ1) is 9.16. The van der Waals surface area contributed by atoms with Gasteiger partial charge in [0.25, 0.3) is 0 Å². The molecule has 3 rings (SSSR count). The summed E-state index contributed by atoms with van der Waals surface area (Å²) in [5, 5.41) is 18.6. The smallest absolute Gasteiger partial charge is 0.161 e. The van der Waals surface area contributed by atoms with Gasteiger partial charge in [-0.15, -0.1) is 10.2 Å². The van der Waals surface area contributed by atoms with E-state index < -0.39 is 6.10 Å². The molecule has 1 N–H and O–H groups in total. The van der Waals surface area contributed by atoms with E-state index in [9.17, 15) is 5.11 Å². The summed E-state index contributed by atoms with van der Waals surface area (Å²) in [4.78, 5) is 2.52. The van der Waals surface area contributed by atoms with Gasteiger partial charge in [0.05, 0.1) is 0 Å². The Labute approximate surface area is 114 Å². The minimum atomic E-state index is -0.417. The molecule has 19 heavy (non-hydrogen) atoms. The number of fused-ring (bicyclic) bond motifs is 1. The average Bonchev–Trinajstić information content (AvgIpc) is 2.84. The first-order valence-corrected chi connectivity index (χ1v) is 7.52. The molecule has 2 aliphatic rings. The Morgan fingerprint density at radius 3 is 2.63 bits per heavy atom. The molecular formula is C14H24N4O. The summed E-state index contributed by atoms with van der Waals surface area (Å²) in [5.41, 5.74) is 0. The van der Waals surface area contributed by atoms with Crippen molar-refractivity contribution >= 4 is 0 Å². The van der Waals surface area contributed by atoms with E-state index in [-0.39, 0.29) is 0 Å². The van der Waals surface area contributed by atoms with Crippen LogP contribution in [0.15, 0.2) is 0 Å². The maximum Gasteiger partial charge on any atom is 0.161 e. The SMILES string of the molecule is CC(C)N1CCCC(c2nnc3n2CCCC3O)C1. The van der Waals surface area contributed by atoms with Crippen LogP contribution in [-0.4, -0.2) is 43.9 Å². The number of nitrogens with zero attached hydrogens (tertiary/aromatic N) is 4. The van der Waals surface area contributed by atoms with Gasteiger partial charge in [-0.3, -0.25) is 0 Å². The lowest BCUT2D eigenvalue weighted by atomic mass is 9.95. The second-order valence-electron chi connectivity index (χ2n) is 6.15. The Morgan fingerprint density at radius 2 is 1.84 bits per heavy atom. The highest BCUT2D eigenvalue weighted by Gasteiger charge is 2.30. The molecule has 0 radical (unpaired) electrons. The third kappa shape index (κ3) is 2.41. The fourth-order valence-electron chi connectivity index (χ4n) is 3.36. The zero-order valence-electron chi connectivity index (χ0n) is 11.9. The van der Waals surface area contributed by atoms with Crippen LogP contribution in [0, 0.1) is 0 Å². The molecule has 2 atom stereocenters. The molecule has 0 amide bonds. The topological polar surface area (TPSA) is 54.2 Å². The predicted molar refractivity (Wildman–Crippen MR) is 72.9 cm³/mol. The van der Waals surface area contributed by atoms with E-state index in [2.05, 4.69) is 33.5 Å². The van der Waals surface area contributed by atoms with Crippen LogP contribution in [-0.2, 0) is 6.54 Å². The van der Waals surface area contributed by atoms with Crippen LogP contribution in [0.5, 0.6) is 0 Å². The third-order valence-electron chi connectivity index (χ3n) is 4.51. The standard InChI is InChI=1S/C14H24N4O/c1-10(2)17-7-3-5-11(9-17)13-15-16-14-12(19)6-4-8-18(13)14/h10-12,19H,3-9H2,1-2H3. The lowest BCUT2D eigenvalue weighted by Crippen LogP contribution is -2.40. The monoisotopic (exact) mass is 264 g/mol. The van der Waals surface area contributed by atoms with Gasteiger partial charge in [-0.25, -0.2) is 0 Å². The van der Waals surface area contributed by atoms with Crippen molar-refractivity contribution < 1.29 is 5.11 Å². The van der Waals surface area contributed by atoms with Gasteiger partial charge in [-0.05, 0) is 46.1 Å². The quantitative estimate of drug-likeness (QED) is 0.883. The molecule has 1 aromatic heterocycles. The first-order valence-electron chi connectivity index (χ1n) is 7.52. The Hall–Kier alpha value is -0.940. The highest BCUT2D eigenvalue weighted by molar-refractivity contribution is 5.08. The zero-order chi connectivity index (χ0) is 13.4. The Morgan fingerprint density at radius 1 is 1.11 bits per heavy atom. The second-order valence-corrected chi connectivity index (χ2v) is 6.15. The first kappa shape index (κ1) is 13.1. The number of aliphatic hydroxyl groups is 1. The summed E-state index contributed by atoms with van der Waals surface area (Å²) in [7, 11) is 0. The molecule has 0 saturated carbocycles. The predicted octanol–water partition coefficient (Wildman–Crippen LogP) is 1.69. The summed E-state index contributed by atoms with van der Waals surface area (Å²) in [6.45, 7) is 7.74. The molecular weight excluding hydrogens is 240 g/mol. The van der Waals surface area contributed by atoms with Crippen molar-refractivity contribution in [1.29, 1.82) is 0 Å². The van der Waals surface area contributed by atoms with Crippen molar-refractivity contribution in [1.82, 2.24) is 19.7 Å². The van der Waals surface area contributed by atoms with Gasteiger partial charge in [-0.2, -0.15) is 0 Å². The van der Waals surface area contributed by atoms with Crippen LogP contribution >= 0.6 is 0 Å². The van der Waals surface area contributed by atoms with Crippen molar-refractivity contribution in [3.05, 3.63) is 11.6 Å². The maximum absolute atomic E-state index is 9.98. The van der Waals surface area contributed by atoms with Crippen molar-refractivity contribution in [2.24, 2.45) is 0 Å². The van der Waals surface area contributed by atoms with E-state index in [1.807, 2.05) is 0 Å². The van der Waals surface area contributed by atoms with Gasteiger partial charge in [-0.1, -0.05) is 0 Å². The molecule has 1 fully saturated rings. The normalized spacial score (nSPS) is 28.6. The van der Waals surface area contributed by atoms with E-state index in [1.165, 1.54) is 19.4 Å².